The number of alkyl carbamates (subject to hydrolysis) is 1. The van der Waals surface area contributed by atoms with Crippen molar-refractivity contribution in [3.63, 3.8) is 0 Å². The second-order valence-corrected chi connectivity index (χ2v) is 4.16. The molecule has 1 N–H and O–H groups in total. The highest BCUT2D eigenvalue weighted by atomic mass is 16.6. The first kappa shape index (κ1) is 8.77. The van der Waals surface area contributed by atoms with Crippen LogP contribution in [0.3, 0.4) is 0 Å². The first-order valence-electron chi connectivity index (χ1n) is 5.37. The van der Waals surface area contributed by atoms with Gasteiger partial charge in [-0.1, -0.05) is 25.1 Å². The molecule has 0 spiro atoms. The van der Waals surface area contributed by atoms with E-state index in [2.05, 4.69) is 30.4 Å². The molecule has 3 rings (SSSR count). The quantitative estimate of drug-likeness (QED) is 0.757. The monoisotopic (exact) mass is 203 g/mol. The highest BCUT2D eigenvalue weighted by Crippen LogP contribution is 2.37. The van der Waals surface area contributed by atoms with Gasteiger partial charge in [-0.25, -0.2) is 4.79 Å². The molecule has 1 amide bonds. The number of benzene rings is 1. The molecule has 1 heterocycles. The van der Waals surface area contributed by atoms with E-state index < -0.39 is 0 Å². The first-order valence-corrected chi connectivity index (χ1v) is 5.37. The molecule has 0 bridgehead atoms. The van der Waals surface area contributed by atoms with Crippen LogP contribution >= 0.6 is 0 Å². The van der Waals surface area contributed by atoms with Gasteiger partial charge in [-0.05, 0) is 23.1 Å². The third-order valence-electron chi connectivity index (χ3n) is 3.28. The zero-order valence-corrected chi connectivity index (χ0v) is 8.62. The van der Waals surface area contributed by atoms with Gasteiger partial charge in [0.25, 0.3) is 0 Å². The molecular weight excluding hydrogens is 190 g/mol. The average Bonchev–Trinajstić information content (AvgIpc) is 2.73. The summed E-state index contributed by atoms with van der Waals surface area (Å²) in [5, 5.41) is 2.86. The van der Waals surface area contributed by atoms with Crippen LogP contribution in [0.5, 0.6) is 0 Å². The number of amides is 1. The van der Waals surface area contributed by atoms with Gasteiger partial charge in [-0.15, -0.1) is 0 Å². The Morgan fingerprint density at radius 3 is 3.20 bits per heavy atom. The molecule has 1 aromatic rings. The van der Waals surface area contributed by atoms with E-state index in [0.717, 1.165) is 12.8 Å². The number of carbonyl (C=O) groups is 1. The molecule has 3 heteroatoms. The van der Waals surface area contributed by atoms with Crippen molar-refractivity contribution in [2.24, 2.45) is 0 Å². The average molecular weight is 203 g/mol. The molecule has 1 saturated heterocycles. The normalized spacial score (nSPS) is 26.9. The van der Waals surface area contributed by atoms with Crippen molar-refractivity contribution >= 4 is 6.09 Å². The minimum atomic E-state index is -0.280. The summed E-state index contributed by atoms with van der Waals surface area (Å²) in [6, 6.07) is 6.58. The maximum atomic E-state index is 11.1. The van der Waals surface area contributed by atoms with Gasteiger partial charge in [0.1, 0.15) is 6.10 Å². The van der Waals surface area contributed by atoms with Crippen molar-refractivity contribution in [2.75, 3.05) is 0 Å². The van der Waals surface area contributed by atoms with E-state index in [4.69, 9.17) is 4.74 Å². The molecule has 15 heavy (non-hydrogen) atoms. The van der Waals surface area contributed by atoms with E-state index in [9.17, 15) is 4.79 Å². The molecule has 0 saturated carbocycles. The van der Waals surface area contributed by atoms with Gasteiger partial charge in [0.05, 0.1) is 6.04 Å². The predicted octanol–water partition coefficient (Wildman–Crippen LogP) is 1.95. The molecule has 0 unspecified atom stereocenters. The summed E-state index contributed by atoms with van der Waals surface area (Å²) < 4.78 is 5.19. The Hall–Kier alpha value is -1.51. The second-order valence-electron chi connectivity index (χ2n) is 4.16. The fourth-order valence-electron chi connectivity index (χ4n) is 2.45. The van der Waals surface area contributed by atoms with Crippen molar-refractivity contribution in [3.05, 3.63) is 34.9 Å². The molecule has 1 aliphatic heterocycles. The highest BCUT2D eigenvalue weighted by Gasteiger charge is 2.41. The maximum absolute atomic E-state index is 11.1. The van der Waals surface area contributed by atoms with Crippen LogP contribution in [0.4, 0.5) is 4.79 Å². The minimum Gasteiger partial charge on any atom is -0.443 e. The summed E-state index contributed by atoms with van der Waals surface area (Å²) in [4.78, 5) is 11.1. The van der Waals surface area contributed by atoms with Crippen LogP contribution < -0.4 is 5.32 Å². The van der Waals surface area contributed by atoms with Crippen LogP contribution in [0.2, 0.25) is 0 Å². The Kier molecular flexibility index (Phi) is 1.75. The number of hydrogen-bond acceptors (Lipinski definition) is 2. The summed E-state index contributed by atoms with van der Waals surface area (Å²) >= 11 is 0. The van der Waals surface area contributed by atoms with Crippen LogP contribution in [0.1, 0.15) is 29.7 Å². The van der Waals surface area contributed by atoms with Crippen molar-refractivity contribution < 1.29 is 9.53 Å². The number of carbonyl (C=O) groups excluding carboxylic acids is 1. The van der Waals surface area contributed by atoms with Gasteiger partial charge >= 0.3 is 6.09 Å². The lowest BCUT2D eigenvalue weighted by Crippen LogP contribution is -2.18. The molecule has 2 atom stereocenters. The lowest BCUT2D eigenvalue weighted by molar-refractivity contribution is 0.136. The Morgan fingerprint density at radius 2 is 2.40 bits per heavy atom. The summed E-state index contributed by atoms with van der Waals surface area (Å²) in [7, 11) is 0. The van der Waals surface area contributed by atoms with Crippen LogP contribution in [-0.4, -0.2) is 12.2 Å². The van der Waals surface area contributed by atoms with E-state index >= 15 is 0 Å². The third-order valence-corrected chi connectivity index (χ3v) is 3.28. The number of nitrogens with one attached hydrogen (secondary N) is 1. The van der Waals surface area contributed by atoms with E-state index in [0.29, 0.717) is 0 Å². The van der Waals surface area contributed by atoms with Crippen molar-refractivity contribution in [2.45, 2.75) is 31.9 Å². The number of rotatable bonds is 1. The van der Waals surface area contributed by atoms with Gasteiger partial charge in [-0.2, -0.15) is 0 Å². The van der Waals surface area contributed by atoms with Crippen LogP contribution in [0.15, 0.2) is 18.2 Å². The second kappa shape index (κ2) is 2.99. The number of aryl methyl sites for hydroxylation is 1. The topological polar surface area (TPSA) is 38.3 Å². The molecule has 3 nitrogen and oxygen atoms in total. The minimum absolute atomic E-state index is 0.0135. The molecule has 1 aromatic carbocycles. The smallest absolute Gasteiger partial charge is 0.408 e. The Morgan fingerprint density at radius 1 is 1.53 bits per heavy atom. The predicted molar refractivity (Wildman–Crippen MR) is 55.7 cm³/mol. The highest BCUT2D eigenvalue weighted by molar-refractivity contribution is 5.72. The zero-order valence-electron chi connectivity index (χ0n) is 8.62. The Labute approximate surface area is 88.4 Å². The van der Waals surface area contributed by atoms with Crippen LogP contribution in [0.25, 0.3) is 0 Å². The van der Waals surface area contributed by atoms with Gasteiger partial charge in [0.15, 0.2) is 0 Å². The molecule has 0 radical (unpaired) electrons. The standard InChI is InChI=1S/C12H13NO2/c1-2-7-3-4-8-6-10-11(9(8)5-7)13-12(14)15-10/h3-5,10-11H,2,6H2,1H3,(H,13,14)/t10-,11+/m1/s1. The molecular formula is C12H13NO2. The first-order chi connectivity index (χ1) is 7.28. The van der Waals surface area contributed by atoms with E-state index in [1.807, 2.05) is 0 Å². The van der Waals surface area contributed by atoms with Gasteiger partial charge in [0, 0.05) is 6.42 Å². The van der Waals surface area contributed by atoms with Gasteiger partial charge in [-0.3, -0.25) is 0 Å². The lowest BCUT2D eigenvalue weighted by atomic mass is 10.0. The summed E-state index contributed by atoms with van der Waals surface area (Å²) in [6.07, 6.45) is 1.61. The van der Waals surface area contributed by atoms with Gasteiger partial charge < -0.3 is 10.1 Å². The fraction of sp³-hybridized carbons (Fsp3) is 0.417. The maximum Gasteiger partial charge on any atom is 0.408 e. The summed E-state index contributed by atoms with van der Waals surface area (Å²) in [5.41, 5.74) is 3.86. The van der Waals surface area contributed by atoms with Crippen molar-refractivity contribution in [1.82, 2.24) is 5.32 Å². The molecule has 1 aliphatic carbocycles. The third kappa shape index (κ3) is 1.23. The molecule has 0 aromatic heterocycles. The van der Waals surface area contributed by atoms with E-state index in [1.54, 1.807) is 0 Å². The molecule has 2 aliphatic rings. The van der Waals surface area contributed by atoms with E-state index in [1.165, 1.54) is 16.7 Å². The molecule has 1 fully saturated rings. The molecule has 78 valence electrons. The summed E-state index contributed by atoms with van der Waals surface area (Å²) in [6.45, 7) is 2.14. The van der Waals surface area contributed by atoms with E-state index in [-0.39, 0.29) is 18.2 Å². The van der Waals surface area contributed by atoms with Gasteiger partial charge in [0.2, 0.25) is 0 Å². The number of fused-ring (bicyclic) bond motifs is 3. The van der Waals surface area contributed by atoms with Crippen LogP contribution in [0, 0.1) is 0 Å². The number of hydrogen-bond donors (Lipinski definition) is 1. The lowest BCUT2D eigenvalue weighted by Gasteiger charge is -2.08. The Bertz CT molecular complexity index is 428. The Balaban J connectivity index is 2.02. The van der Waals surface area contributed by atoms with Crippen molar-refractivity contribution in [1.29, 1.82) is 0 Å². The SMILES string of the molecule is CCc1ccc2c(c1)[C@@H]1NC(=O)O[C@@H]1C2. The number of ether oxygens (including phenoxy) is 1. The van der Waals surface area contributed by atoms with Crippen molar-refractivity contribution in [3.8, 4) is 0 Å². The zero-order chi connectivity index (χ0) is 10.4. The van der Waals surface area contributed by atoms with Crippen LogP contribution in [-0.2, 0) is 17.6 Å². The fourth-order valence-corrected chi connectivity index (χ4v) is 2.45. The summed E-state index contributed by atoms with van der Waals surface area (Å²) in [5.74, 6) is 0. The largest absolute Gasteiger partial charge is 0.443 e.